The molecule has 3 aromatic rings. The fourth-order valence-corrected chi connectivity index (χ4v) is 4.30. The molecule has 29 heavy (non-hydrogen) atoms. The zero-order valence-corrected chi connectivity index (χ0v) is 16.6. The van der Waals surface area contributed by atoms with Crippen LogP contribution < -0.4 is 34.0 Å². The summed E-state index contributed by atoms with van der Waals surface area (Å²) >= 11 is 1.41. The number of thiazole rings is 1. The number of hydrogen-bond donors (Lipinski definition) is 0. The van der Waals surface area contributed by atoms with Crippen LogP contribution in [0.1, 0.15) is 12.5 Å². The molecule has 7 nitrogen and oxygen atoms in total. The lowest BCUT2D eigenvalue weighted by molar-refractivity contribution is 0.174. The quantitative estimate of drug-likeness (QED) is 0.659. The number of nitrogens with zero attached hydrogens (tertiary/aromatic N) is 3. The van der Waals surface area contributed by atoms with E-state index in [4.69, 9.17) is 14.2 Å². The molecule has 8 heteroatoms. The van der Waals surface area contributed by atoms with Crippen molar-refractivity contribution in [2.75, 3.05) is 25.0 Å². The van der Waals surface area contributed by atoms with Crippen LogP contribution in [0.15, 0.2) is 52.3 Å². The summed E-state index contributed by atoms with van der Waals surface area (Å²) in [4.78, 5) is 20.3. The Kier molecular flexibility index (Phi) is 4.48. The van der Waals surface area contributed by atoms with E-state index in [1.165, 1.54) is 11.3 Å². The molecule has 5 rings (SSSR count). The first kappa shape index (κ1) is 17.8. The summed E-state index contributed by atoms with van der Waals surface area (Å²) in [6, 6.07) is 13.5. The number of aromatic nitrogens is 1. The number of hydrogen-bond acceptors (Lipinski definition) is 7. The maximum absolute atomic E-state index is 12.9. The number of fused-ring (bicyclic) bond motifs is 2. The molecule has 0 fully saturated rings. The largest absolute Gasteiger partial charge is 0.494 e. The van der Waals surface area contributed by atoms with Crippen molar-refractivity contribution in [3.05, 3.63) is 67.7 Å². The van der Waals surface area contributed by atoms with Crippen molar-refractivity contribution in [2.45, 2.75) is 13.6 Å². The molecule has 2 aliphatic heterocycles. The SMILES string of the molecule is CCOc1ccc(/C=c2\sc3n(c2=O)CN(c2ccc4c(c2)OCO4)CN=3)cc1. The summed E-state index contributed by atoms with van der Waals surface area (Å²) in [5.74, 6) is 2.28. The molecule has 0 aliphatic carbocycles. The Morgan fingerprint density at radius 1 is 1.17 bits per heavy atom. The maximum atomic E-state index is 12.9. The number of anilines is 1. The van der Waals surface area contributed by atoms with E-state index in [1.54, 1.807) is 4.57 Å². The first-order valence-electron chi connectivity index (χ1n) is 9.34. The minimum Gasteiger partial charge on any atom is -0.494 e. The molecule has 1 aromatic heterocycles. The Morgan fingerprint density at radius 3 is 2.83 bits per heavy atom. The lowest BCUT2D eigenvalue weighted by Gasteiger charge is -2.25. The van der Waals surface area contributed by atoms with Crippen LogP contribution in [0.5, 0.6) is 17.2 Å². The number of benzene rings is 2. The molecule has 0 amide bonds. The molecule has 0 atom stereocenters. The molecule has 2 aliphatic rings. The molecule has 2 aromatic carbocycles. The van der Waals surface area contributed by atoms with Crippen LogP contribution in [-0.2, 0) is 6.67 Å². The van der Waals surface area contributed by atoms with Gasteiger partial charge in [0.05, 0.1) is 11.1 Å². The normalized spacial score (nSPS) is 15.2. The predicted octanol–water partition coefficient (Wildman–Crippen LogP) is 1.92. The Hall–Kier alpha value is -3.26. The second-order valence-corrected chi connectivity index (χ2v) is 7.66. The van der Waals surface area contributed by atoms with Gasteiger partial charge in [-0.2, -0.15) is 0 Å². The van der Waals surface area contributed by atoms with Crippen molar-refractivity contribution in [2.24, 2.45) is 4.99 Å². The van der Waals surface area contributed by atoms with E-state index in [0.717, 1.165) is 33.3 Å². The zero-order valence-electron chi connectivity index (χ0n) is 15.8. The maximum Gasteiger partial charge on any atom is 0.271 e. The van der Waals surface area contributed by atoms with Gasteiger partial charge in [-0.25, -0.2) is 4.99 Å². The standard InChI is InChI=1S/C21H19N3O4S/c1-2-26-16-6-3-14(4-7-16)9-19-20(25)24-12-23(11-22-21(24)29-19)15-5-8-17-18(10-15)28-13-27-17/h3-10H,2,11-13H2,1H3/b19-9-. The molecule has 0 N–H and O–H groups in total. The summed E-state index contributed by atoms with van der Waals surface area (Å²) in [7, 11) is 0. The summed E-state index contributed by atoms with van der Waals surface area (Å²) in [5, 5.41) is 0. The number of ether oxygens (including phenoxy) is 3. The van der Waals surface area contributed by atoms with E-state index in [2.05, 4.69) is 4.99 Å². The van der Waals surface area contributed by atoms with Gasteiger partial charge in [-0.05, 0) is 42.8 Å². The van der Waals surface area contributed by atoms with Gasteiger partial charge in [0, 0.05) is 11.8 Å². The summed E-state index contributed by atoms with van der Waals surface area (Å²) in [5.41, 5.74) is 1.87. The smallest absolute Gasteiger partial charge is 0.271 e. The van der Waals surface area contributed by atoms with E-state index in [1.807, 2.05) is 60.4 Å². The third-order valence-corrected chi connectivity index (χ3v) is 5.83. The van der Waals surface area contributed by atoms with E-state index in [0.29, 0.717) is 24.5 Å². The van der Waals surface area contributed by atoms with Crippen LogP contribution >= 0.6 is 11.3 Å². The highest BCUT2D eigenvalue weighted by Crippen LogP contribution is 2.35. The molecule has 148 valence electrons. The van der Waals surface area contributed by atoms with E-state index in [-0.39, 0.29) is 12.4 Å². The van der Waals surface area contributed by atoms with Crippen molar-refractivity contribution >= 4 is 23.1 Å². The second-order valence-electron chi connectivity index (χ2n) is 6.65. The van der Waals surface area contributed by atoms with Crippen molar-refractivity contribution in [3.63, 3.8) is 0 Å². The second kappa shape index (κ2) is 7.29. The van der Waals surface area contributed by atoms with E-state index >= 15 is 0 Å². The Labute approximate surface area is 170 Å². The molecule has 3 heterocycles. The van der Waals surface area contributed by atoms with Gasteiger partial charge in [-0.1, -0.05) is 23.5 Å². The molecule has 0 unspecified atom stereocenters. The zero-order chi connectivity index (χ0) is 19.8. The lowest BCUT2D eigenvalue weighted by atomic mass is 10.2. The van der Waals surface area contributed by atoms with Gasteiger partial charge in [0.15, 0.2) is 16.3 Å². The fourth-order valence-electron chi connectivity index (χ4n) is 3.34. The van der Waals surface area contributed by atoms with Crippen LogP contribution in [0.3, 0.4) is 0 Å². The van der Waals surface area contributed by atoms with Gasteiger partial charge >= 0.3 is 0 Å². The van der Waals surface area contributed by atoms with E-state index < -0.39 is 0 Å². The van der Waals surface area contributed by atoms with Crippen LogP contribution in [0.4, 0.5) is 5.69 Å². The van der Waals surface area contributed by atoms with Crippen LogP contribution in [0, 0.1) is 0 Å². The first-order valence-corrected chi connectivity index (χ1v) is 10.2. The van der Waals surface area contributed by atoms with Crippen molar-refractivity contribution in [1.82, 2.24) is 4.57 Å². The molecular weight excluding hydrogens is 390 g/mol. The highest BCUT2D eigenvalue weighted by molar-refractivity contribution is 7.07. The topological polar surface area (TPSA) is 65.3 Å². The molecule has 0 radical (unpaired) electrons. The third-order valence-electron chi connectivity index (χ3n) is 4.79. The van der Waals surface area contributed by atoms with Gasteiger partial charge < -0.3 is 19.1 Å². The van der Waals surface area contributed by atoms with Gasteiger partial charge in [-0.3, -0.25) is 9.36 Å². The molecule has 0 spiro atoms. The van der Waals surface area contributed by atoms with Gasteiger partial charge in [0.25, 0.3) is 5.56 Å². The average molecular weight is 409 g/mol. The van der Waals surface area contributed by atoms with Gasteiger partial charge in [-0.15, -0.1) is 0 Å². The molecular formula is C21H19N3O4S. The Balaban J connectivity index is 1.44. The minimum absolute atomic E-state index is 0.0342. The van der Waals surface area contributed by atoms with Gasteiger partial charge in [0.1, 0.15) is 19.1 Å². The molecule has 0 bridgehead atoms. The Morgan fingerprint density at radius 2 is 2.00 bits per heavy atom. The Bertz CT molecular complexity index is 1230. The van der Waals surface area contributed by atoms with Crippen molar-refractivity contribution in [1.29, 1.82) is 0 Å². The average Bonchev–Trinajstić information content (AvgIpc) is 3.33. The fraction of sp³-hybridized carbons (Fsp3) is 0.238. The third kappa shape index (κ3) is 3.36. The highest BCUT2D eigenvalue weighted by atomic mass is 32.1. The van der Waals surface area contributed by atoms with Crippen LogP contribution in [0.25, 0.3) is 6.08 Å². The van der Waals surface area contributed by atoms with Gasteiger partial charge in [0.2, 0.25) is 6.79 Å². The monoisotopic (exact) mass is 409 g/mol. The summed E-state index contributed by atoms with van der Waals surface area (Å²) in [6.07, 6.45) is 1.90. The lowest BCUT2D eigenvalue weighted by Crippen LogP contribution is -2.42. The summed E-state index contributed by atoms with van der Waals surface area (Å²) < 4.78 is 18.7. The summed E-state index contributed by atoms with van der Waals surface area (Å²) in [6.45, 7) is 3.76. The minimum atomic E-state index is -0.0342. The molecule has 0 saturated heterocycles. The van der Waals surface area contributed by atoms with Crippen molar-refractivity contribution < 1.29 is 14.2 Å². The highest BCUT2D eigenvalue weighted by Gasteiger charge is 2.19. The van der Waals surface area contributed by atoms with Crippen LogP contribution in [0.2, 0.25) is 0 Å². The predicted molar refractivity (Wildman–Crippen MR) is 110 cm³/mol. The van der Waals surface area contributed by atoms with Crippen molar-refractivity contribution in [3.8, 4) is 17.2 Å². The number of rotatable bonds is 4. The van der Waals surface area contributed by atoms with Crippen LogP contribution in [-0.4, -0.2) is 24.6 Å². The van der Waals surface area contributed by atoms with E-state index in [9.17, 15) is 4.79 Å². The molecule has 0 saturated carbocycles. The first-order chi connectivity index (χ1) is 14.2.